The van der Waals surface area contributed by atoms with Crippen molar-refractivity contribution in [1.29, 1.82) is 0 Å². The number of carbonyl (C=O) groups excluding carboxylic acids is 1. The van der Waals surface area contributed by atoms with Gasteiger partial charge in [-0.05, 0) is 25.0 Å². The van der Waals surface area contributed by atoms with Gasteiger partial charge in [0.15, 0.2) is 0 Å². The molecule has 0 radical (unpaired) electrons. The lowest BCUT2D eigenvalue weighted by molar-refractivity contribution is -0.139. The van der Waals surface area contributed by atoms with Gasteiger partial charge >= 0.3 is 5.97 Å². The molecular weight excluding hydrogens is 260 g/mol. The Balaban J connectivity index is 2.20. The van der Waals surface area contributed by atoms with Crippen molar-refractivity contribution in [1.82, 2.24) is 0 Å². The molecule has 0 spiro atoms. The van der Waals surface area contributed by atoms with Crippen molar-refractivity contribution in [3.05, 3.63) is 83.4 Å². The molecule has 0 bridgehead atoms. The standard InChI is InChI=1S/C19H20O2/c1-3-15(2)19(20)21-14-18(16-10-6-4-7-11-16)17-12-8-5-9-13-17/h3-13,18H,14H2,1-2H3. The first-order valence-electron chi connectivity index (χ1n) is 7.12. The highest BCUT2D eigenvalue weighted by Gasteiger charge is 2.16. The molecule has 0 aliphatic rings. The van der Waals surface area contributed by atoms with Crippen LogP contribution >= 0.6 is 0 Å². The summed E-state index contributed by atoms with van der Waals surface area (Å²) in [6, 6.07) is 20.2. The van der Waals surface area contributed by atoms with Gasteiger partial charge in [-0.3, -0.25) is 0 Å². The van der Waals surface area contributed by atoms with Gasteiger partial charge in [0, 0.05) is 11.5 Å². The fourth-order valence-corrected chi connectivity index (χ4v) is 2.15. The summed E-state index contributed by atoms with van der Waals surface area (Å²) >= 11 is 0. The van der Waals surface area contributed by atoms with E-state index in [4.69, 9.17) is 4.74 Å². The SMILES string of the molecule is CC=C(C)C(=O)OCC(c1ccccc1)c1ccccc1. The van der Waals surface area contributed by atoms with Crippen LogP contribution in [0.3, 0.4) is 0 Å². The second kappa shape index (κ2) is 7.44. The average molecular weight is 280 g/mol. The number of ether oxygens (including phenoxy) is 1. The van der Waals surface area contributed by atoms with E-state index in [0.29, 0.717) is 12.2 Å². The predicted molar refractivity (Wildman–Crippen MR) is 85.1 cm³/mol. The normalized spacial score (nSPS) is 11.5. The summed E-state index contributed by atoms with van der Waals surface area (Å²) in [5, 5.41) is 0. The first kappa shape index (κ1) is 15.0. The highest BCUT2D eigenvalue weighted by molar-refractivity contribution is 5.87. The van der Waals surface area contributed by atoms with Gasteiger partial charge in [0.2, 0.25) is 0 Å². The van der Waals surface area contributed by atoms with Crippen LogP contribution in [0.5, 0.6) is 0 Å². The minimum Gasteiger partial charge on any atom is -0.461 e. The molecule has 0 fully saturated rings. The molecule has 0 saturated carbocycles. The van der Waals surface area contributed by atoms with Crippen molar-refractivity contribution in [2.75, 3.05) is 6.61 Å². The first-order chi connectivity index (χ1) is 10.2. The van der Waals surface area contributed by atoms with Gasteiger partial charge in [0.1, 0.15) is 6.61 Å². The lowest BCUT2D eigenvalue weighted by Crippen LogP contribution is -2.14. The van der Waals surface area contributed by atoms with Gasteiger partial charge in [0.05, 0.1) is 0 Å². The van der Waals surface area contributed by atoms with Gasteiger partial charge in [0.25, 0.3) is 0 Å². The van der Waals surface area contributed by atoms with Crippen LogP contribution in [0.4, 0.5) is 0 Å². The molecule has 2 aromatic carbocycles. The Hall–Kier alpha value is -2.35. The van der Waals surface area contributed by atoms with E-state index < -0.39 is 0 Å². The third-order valence-electron chi connectivity index (χ3n) is 3.54. The monoisotopic (exact) mass is 280 g/mol. The van der Waals surface area contributed by atoms with Crippen LogP contribution in [-0.2, 0) is 9.53 Å². The minimum atomic E-state index is -0.255. The molecule has 0 atom stereocenters. The van der Waals surface area contributed by atoms with Crippen LogP contribution in [0.1, 0.15) is 30.9 Å². The molecule has 2 rings (SSSR count). The quantitative estimate of drug-likeness (QED) is 0.602. The van der Waals surface area contributed by atoms with Gasteiger partial charge in [-0.25, -0.2) is 4.79 Å². The highest BCUT2D eigenvalue weighted by atomic mass is 16.5. The second-order valence-electron chi connectivity index (χ2n) is 4.94. The Morgan fingerprint density at radius 2 is 1.48 bits per heavy atom. The molecule has 21 heavy (non-hydrogen) atoms. The Morgan fingerprint density at radius 3 is 1.90 bits per heavy atom. The Kier molecular flexibility index (Phi) is 5.33. The van der Waals surface area contributed by atoms with Gasteiger partial charge in [-0.2, -0.15) is 0 Å². The lowest BCUT2D eigenvalue weighted by Gasteiger charge is -2.18. The zero-order valence-corrected chi connectivity index (χ0v) is 12.5. The molecule has 0 aliphatic heterocycles. The zero-order chi connectivity index (χ0) is 15.1. The Labute approximate surface area is 126 Å². The van der Waals surface area contributed by atoms with Crippen LogP contribution in [0.25, 0.3) is 0 Å². The van der Waals surface area contributed by atoms with Crippen molar-refractivity contribution in [2.24, 2.45) is 0 Å². The van der Waals surface area contributed by atoms with Crippen LogP contribution in [-0.4, -0.2) is 12.6 Å². The van der Waals surface area contributed by atoms with E-state index in [-0.39, 0.29) is 11.9 Å². The van der Waals surface area contributed by atoms with Crippen LogP contribution in [0, 0.1) is 0 Å². The largest absolute Gasteiger partial charge is 0.461 e. The fraction of sp³-hybridized carbons (Fsp3) is 0.211. The molecule has 0 aliphatic carbocycles. The summed E-state index contributed by atoms with van der Waals surface area (Å²) in [4.78, 5) is 11.9. The number of hydrogen-bond acceptors (Lipinski definition) is 2. The zero-order valence-electron chi connectivity index (χ0n) is 12.5. The third kappa shape index (κ3) is 4.06. The van der Waals surface area contributed by atoms with Crippen LogP contribution in [0.15, 0.2) is 72.3 Å². The molecule has 0 N–H and O–H groups in total. The molecule has 108 valence electrons. The van der Waals surface area contributed by atoms with E-state index >= 15 is 0 Å². The van der Waals surface area contributed by atoms with Gasteiger partial charge < -0.3 is 4.74 Å². The highest BCUT2D eigenvalue weighted by Crippen LogP contribution is 2.25. The van der Waals surface area contributed by atoms with Gasteiger partial charge in [-0.1, -0.05) is 66.7 Å². The van der Waals surface area contributed by atoms with Crippen LogP contribution < -0.4 is 0 Å². The second-order valence-corrected chi connectivity index (χ2v) is 4.94. The molecule has 0 amide bonds. The number of rotatable bonds is 5. The number of carbonyl (C=O) groups is 1. The van der Waals surface area contributed by atoms with E-state index in [1.54, 1.807) is 13.0 Å². The molecule has 0 unspecified atom stereocenters. The third-order valence-corrected chi connectivity index (χ3v) is 3.54. The summed E-state index contributed by atoms with van der Waals surface area (Å²) in [5.41, 5.74) is 2.93. The van der Waals surface area contributed by atoms with Crippen molar-refractivity contribution < 1.29 is 9.53 Å². The maximum absolute atomic E-state index is 11.9. The number of allylic oxidation sites excluding steroid dienone is 1. The van der Waals surface area contributed by atoms with E-state index in [1.807, 2.05) is 43.3 Å². The molecule has 0 aromatic heterocycles. The summed E-state index contributed by atoms with van der Waals surface area (Å²) in [6.45, 7) is 3.95. The average Bonchev–Trinajstić information content (AvgIpc) is 2.56. The van der Waals surface area contributed by atoms with E-state index in [9.17, 15) is 4.79 Å². The number of benzene rings is 2. The maximum Gasteiger partial charge on any atom is 0.333 e. The van der Waals surface area contributed by atoms with E-state index in [2.05, 4.69) is 24.3 Å². The molecular formula is C19H20O2. The maximum atomic E-state index is 11.9. The summed E-state index contributed by atoms with van der Waals surface area (Å²) in [6.07, 6.45) is 1.77. The minimum absolute atomic E-state index is 0.0565. The van der Waals surface area contributed by atoms with E-state index in [0.717, 1.165) is 11.1 Å². The van der Waals surface area contributed by atoms with Crippen molar-refractivity contribution in [2.45, 2.75) is 19.8 Å². The Morgan fingerprint density at radius 1 is 1.00 bits per heavy atom. The topological polar surface area (TPSA) is 26.3 Å². The Bertz CT molecular complexity index is 560. The lowest BCUT2D eigenvalue weighted by atomic mass is 9.92. The number of hydrogen-bond donors (Lipinski definition) is 0. The van der Waals surface area contributed by atoms with Crippen molar-refractivity contribution in [3.63, 3.8) is 0 Å². The molecule has 2 nitrogen and oxygen atoms in total. The van der Waals surface area contributed by atoms with Crippen LogP contribution in [0.2, 0.25) is 0 Å². The smallest absolute Gasteiger partial charge is 0.333 e. The first-order valence-corrected chi connectivity index (χ1v) is 7.12. The predicted octanol–water partition coefficient (Wildman–Crippen LogP) is 4.33. The fourth-order valence-electron chi connectivity index (χ4n) is 2.15. The molecule has 2 heteroatoms. The van der Waals surface area contributed by atoms with E-state index in [1.165, 1.54) is 0 Å². The van der Waals surface area contributed by atoms with Crippen molar-refractivity contribution in [3.8, 4) is 0 Å². The molecule has 0 heterocycles. The number of esters is 1. The van der Waals surface area contributed by atoms with Crippen molar-refractivity contribution >= 4 is 5.97 Å². The summed E-state index contributed by atoms with van der Waals surface area (Å²) < 4.78 is 5.46. The van der Waals surface area contributed by atoms with Gasteiger partial charge in [-0.15, -0.1) is 0 Å². The summed E-state index contributed by atoms with van der Waals surface area (Å²) in [7, 11) is 0. The summed E-state index contributed by atoms with van der Waals surface area (Å²) in [5.74, 6) is -0.199. The molecule has 0 saturated heterocycles. The molecule has 2 aromatic rings.